The molecule has 3 rings (SSSR count). The molecule has 0 saturated carbocycles. The van der Waals surface area contributed by atoms with E-state index >= 15 is 0 Å². The van der Waals surface area contributed by atoms with E-state index in [0.717, 1.165) is 26.7 Å². The van der Waals surface area contributed by atoms with Crippen molar-refractivity contribution in [2.45, 2.75) is 13.3 Å². The summed E-state index contributed by atoms with van der Waals surface area (Å²) < 4.78 is 31.3. The quantitative estimate of drug-likeness (QED) is 0.864. The number of benzene rings is 1. The van der Waals surface area contributed by atoms with Gasteiger partial charge < -0.3 is 9.64 Å². The second-order valence-electron chi connectivity index (χ2n) is 4.76. The molecule has 1 aromatic heterocycles. The molecule has 0 unspecified atom stereocenters. The van der Waals surface area contributed by atoms with Gasteiger partial charge in [-0.3, -0.25) is 0 Å². The molecule has 2 aromatic rings. The normalized spacial score (nSPS) is 16.2. The van der Waals surface area contributed by atoms with Crippen LogP contribution < -0.4 is 9.64 Å². The summed E-state index contributed by atoms with van der Waals surface area (Å²) in [6, 6.07) is 3.88. The third-order valence-electron chi connectivity index (χ3n) is 3.45. The number of aryl methyl sites for hydroxylation is 1. The van der Waals surface area contributed by atoms with Gasteiger partial charge in [0, 0.05) is 13.1 Å². The highest BCUT2D eigenvalue weighted by atomic mass is 32.1. The molecule has 0 atom stereocenters. The minimum Gasteiger partial charge on any atom is -0.494 e. The molecule has 6 heteroatoms. The number of fused-ring (bicyclic) bond motifs is 1. The maximum atomic E-state index is 12.5. The number of hydrogen-bond donors (Lipinski definition) is 0. The first-order valence-electron chi connectivity index (χ1n) is 6.07. The number of hydrogen-bond acceptors (Lipinski definition) is 4. The Kier molecular flexibility index (Phi) is 3.05. The zero-order valence-corrected chi connectivity index (χ0v) is 11.5. The van der Waals surface area contributed by atoms with Crippen molar-refractivity contribution in [3.63, 3.8) is 0 Å². The zero-order valence-electron chi connectivity index (χ0n) is 10.7. The van der Waals surface area contributed by atoms with Crippen LogP contribution in [0.1, 0.15) is 5.56 Å². The van der Waals surface area contributed by atoms with Gasteiger partial charge >= 0.3 is 0 Å². The Hall–Kier alpha value is -1.43. The molecule has 0 aliphatic carbocycles. The third kappa shape index (κ3) is 2.04. The SMILES string of the molecule is COc1ccc(C)c2sc(N3CC(C(F)F)C3)nc12. The van der Waals surface area contributed by atoms with Crippen LogP contribution in [0.2, 0.25) is 0 Å². The average molecular weight is 284 g/mol. The van der Waals surface area contributed by atoms with Crippen molar-refractivity contribution >= 4 is 26.7 Å². The summed E-state index contributed by atoms with van der Waals surface area (Å²) >= 11 is 1.54. The summed E-state index contributed by atoms with van der Waals surface area (Å²) in [5, 5.41) is 0.805. The van der Waals surface area contributed by atoms with Crippen molar-refractivity contribution in [3.05, 3.63) is 17.7 Å². The first kappa shape index (κ1) is 12.6. The van der Waals surface area contributed by atoms with Gasteiger partial charge in [0.25, 0.3) is 0 Å². The number of thiazole rings is 1. The lowest BCUT2D eigenvalue weighted by molar-refractivity contribution is 0.0614. The highest BCUT2D eigenvalue weighted by Crippen LogP contribution is 2.39. The summed E-state index contributed by atoms with van der Waals surface area (Å²) in [5.41, 5.74) is 1.95. The smallest absolute Gasteiger partial charge is 0.244 e. The lowest BCUT2D eigenvalue weighted by Gasteiger charge is -2.38. The van der Waals surface area contributed by atoms with E-state index in [1.54, 1.807) is 18.4 Å². The minimum absolute atomic E-state index is 0.388. The molecule has 1 saturated heterocycles. The Bertz CT molecular complexity index is 608. The van der Waals surface area contributed by atoms with Crippen molar-refractivity contribution in [1.29, 1.82) is 0 Å². The molecule has 0 amide bonds. The minimum atomic E-state index is -2.23. The fraction of sp³-hybridized carbons (Fsp3) is 0.462. The van der Waals surface area contributed by atoms with Crippen LogP contribution in [0.15, 0.2) is 12.1 Å². The number of anilines is 1. The summed E-state index contributed by atoms with van der Waals surface area (Å²) in [7, 11) is 1.61. The second kappa shape index (κ2) is 4.59. The molecular formula is C13H14F2N2OS. The molecule has 1 aliphatic heterocycles. The van der Waals surface area contributed by atoms with Gasteiger partial charge in [0.05, 0.1) is 17.7 Å². The van der Waals surface area contributed by atoms with Crippen molar-refractivity contribution < 1.29 is 13.5 Å². The van der Waals surface area contributed by atoms with Gasteiger partial charge in [0.2, 0.25) is 6.43 Å². The average Bonchev–Trinajstić information content (AvgIpc) is 2.72. The summed E-state index contributed by atoms with van der Waals surface area (Å²) in [6.45, 7) is 2.79. The first-order chi connectivity index (χ1) is 9.10. The van der Waals surface area contributed by atoms with E-state index < -0.39 is 12.3 Å². The topological polar surface area (TPSA) is 25.4 Å². The number of nitrogens with zero attached hydrogens (tertiary/aromatic N) is 2. The molecule has 2 heterocycles. The lowest BCUT2D eigenvalue weighted by atomic mass is 10.0. The van der Waals surface area contributed by atoms with Gasteiger partial charge in [-0.25, -0.2) is 13.8 Å². The Labute approximate surface area is 113 Å². The van der Waals surface area contributed by atoms with Crippen LogP contribution in [-0.2, 0) is 0 Å². The van der Waals surface area contributed by atoms with Gasteiger partial charge in [-0.15, -0.1) is 0 Å². The summed E-state index contributed by atoms with van der Waals surface area (Å²) in [4.78, 5) is 6.44. The number of halogens is 2. The predicted molar refractivity (Wildman–Crippen MR) is 72.6 cm³/mol. The number of methoxy groups -OCH3 is 1. The number of ether oxygens (including phenoxy) is 1. The lowest BCUT2D eigenvalue weighted by Crippen LogP contribution is -2.50. The van der Waals surface area contributed by atoms with E-state index in [2.05, 4.69) is 4.98 Å². The maximum Gasteiger partial charge on any atom is 0.244 e. The Morgan fingerprint density at radius 2 is 2.16 bits per heavy atom. The fourth-order valence-electron chi connectivity index (χ4n) is 2.23. The number of rotatable bonds is 3. The Morgan fingerprint density at radius 3 is 2.79 bits per heavy atom. The van der Waals surface area contributed by atoms with Crippen LogP contribution in [0.3, 0.4) is 0 Å². The summed E-state index contributed by atoms with van der Waals surface area (Å²) in [6.07, 6.45) is -2.23. The second-order valence-corrected chi connectivity index (χ2v) is 5.74. The van der Waals surface area contributed by atoms with Gasteiger partial charge in [-0.2, -0.15) is 0 Å². The largest absolute Gasteiger partial charge is 0.494 e. The van der Waals surface area contributed by atoms with Gasteiger partial charge in [0.1, 0.15) is 11.3 Å². The molecule has 1 aliphatic rings. The van der Waals surface area contributed by atoms with E-state index in [9.17, 15) is 8.78 Å². The first-order valence-corrected chi connectivity index (χ1v) is 6.89. The Balaban J connectivity index is 1.92. The van der Waals surface area contributed by atoms with Crippen LogP contribution in [-0.4, -0.2) is 31.6 Å². The van der Waals surface area contributed by atoms with E-state index in [1.807, 2.05) is 24.0 Å². The fourth-order valence-corrected chi connectivity index (χ4v) is 3.30. The van der Waals surface area contributed by atoms with Crippen LogP contribution in [0, 0.1) is 12.8 Å². The van der Waals surface area contributed by atoms with Crippen LogP contribution in [0.5, 0.6) is 5.75 Å². The molecule has 0 bridgehead atoms. The van der Waals surface area contributed by atoms with Crippen molar-refractivity contribution in [2.75, 3.05) is 25.1 Å². The van der Waals surface area contributed by atoms with Gasteiger partial charge in [-0.1, -0.05) is 17.4 Å². The standard InChI is InChI=1S/C13H14F2N2OS/c1-7-3-4-9(18-2)10-11(7)19-13(16-10)17-5-8(6-17)12(14)15/h3-4,8,12H,5-6H2,1-2H3. The van der Waals surface area contributed by atoms with Crippen molar-refractivity contribution in [2.24, 2.45) is 5.92 Å². The number of alkyl halides is 2. The maximum absolute atomic E-state index is 12.5. The monoisotopic (exact) mass is 284 g/mol. The van der Waals surface area contributed by atoms with Crippen molar-refractivity contribution in [1.82, 2.24) is 4.98 Å². The molecule has 0 spiro atoms. The number of aromatic nitrogens is 1. The molecule has 1 fully saturated rings. The summed E-state index contributed by atoms with van der Waals surface area (Å²) in [5.74, 6) is 0.212. The molecule has 102 valence electrons. The van der Waals surface area contributed by atoms with Gasteiger partial charge in [0.15, 0.2) is 5.13 Å². The molecular weight excluding hydrogens is 270 g/mol. The molecule has 1 aromatic carbocycles. The van der Waals surface area contributed by atoms with Gasteiger partial charge in [-0.05, 0) is 18.6 Å². The molecule has 0 N–H and O–H groups in total. The van der Waals surface area contributed by atoms with Crippen LogP contribution >= 0.6 is 11.3 Å². The molecule has 3 nitrogen and oxygen atoms in total. The predicted octanol–water partition coefficient (Wildman–Crippen LogP) is 3.31. The zero-order chi connectivity index (χ0) is 13.6. The van der Waals surface area contributed by atoms with E-state index in [1.165, 1.54) is 0 Å². The van der Waals surface area contributed by atoms with E-state index in [-0.39, 0.29) is 0 Å². The Morgan fingerprint density at radius 1 is 1.42 bits per heavy atom. The van der Waals surface area contributed by atoms with E-state index in [4.69, 9.17) is 4.74 Å². The third-order valence-corrected chi connectivity index (χ3v) is 4.70. The molecule has 19 heavy (non-hydrogen) atoms. The van der Waals surface area contributed by atoms with Crippen LogP contribution in [0.4, 0.5) is 13.9 Å². The van der Waals surface area contributed by atoms with Crippen molar-refractivity contribution in [3.8, 4) is 5.75 Å². The highest BCUT2D eigenvalue weighted by molar-refractivity contribution is 7.22. The van der Waals surface area contributed by atoms with E-state index in [0.29, 0.717) is 13.1 Å². The molecule has 0 radical (unpaired) electrons. The van der Waals surface area contributed by atoms with Crippen LogP contribution in [0.25, 0.3) is 10.2 Å². The highest BCUT2D eigenvalue weighted by Gasteiger charge is 2.35.